The van der Waals surface area contributed by atoms with Crippen molar-refractivity contribution in [2.45, 2.75) is 57.0 Å². The molecule has 49 heavy (non-hydrogen) atoms. The SMILES string of the molecule is CCN[C@H](COc1cc([C@@H]2C[C@@H](O)C[C@H](CCc3ccc(O)c(OCO)c3)O2)cc(OC)c1O)[C@@H]1[C@@H](C(=O)O)C=C[C@H]1C1=CCNC(N)=C1. The van der Waals surface area contributed by atoms with E-state index in [0.29, 0.717) is 50.2 Å². The zero-order chi connectivity index (χ0) is 35.1. The van der Waals surface area contributed by atoms with Crippen molar-refractivity contribution in [3.8, 4) is 28.7 Å². The van der Waals surface area contributed by atoms with E-state index < -0.39 is 42.8 Å². The second kappa shape index (κ2) is 16.3. The number of allylic oxidation sites excluding steroid dienone is 3. The molecule has 7 atom stereocenters. The molecule has 2 heterocycles. The van der Waals surface area contributed by atoms with Gasteiger partial charge in [-0.25, -0.2) is 0 Å². The fraction of sp³-hybridized carbons (Fsp3) is 0.472. The summed E-state index contributed by atoms with van der Waals surface area (Å²) < 4.78 is 23.3. The third-order valence-electron chi connectivity index (χ3n) is 9.37. The number of hydrogen-bond donors (Lipinski definition) is 8. The van der Waals surface area contributed by atoms with E-state index in [-0.39, 0.29) is 47.4 Å². The number of aliphatic carboxylic acids is 1. The maximum atomic E-state index is 12.4. The Bertz CT molecular complexity index is 1560. The van der Waals surface area contributed by atoms with Crippen LogP contribution in [0.1, 0.15) is 43.4 Å². The van der Waals surface area contributed by atoms with E-state index in [1.165, 1.54) is 13.2 Å². The Morgan fingerprint density at radius 2 is 1.92 bits per heavy atom. The largest absolute Gasteiger partial charge is 0.504 e. The number of carbonyl (C=O) groups is 1. The third kappa shape index (κ3) is 8.60. The molecule has 2 aliphatic heterocycles. The van der Waals surface area contributed by atoms with Gasteiger partial charge in [0, 0.05) is 30.8 Å². The zero-order valence-electron chi connectivity index (χ0n) is 27.7. The summed E-state index contributed by atoms with van der Waals surface area (Å²) in [6, 6.07) is 7.87. The van der Waals surface area contributed by atoms with Gasteiger partial charge in [0.15, 0.2) is 29.8 Å². The lowest BCUT2D eigenvalue weighted by atomic mass is 9.78. The highest BCUT2D eigenvalue weighted by molar-refractivity contribution is 5.74. The highest BCUT2D eigenvalue weighted by Crippen LogP contribution is 2.44. The van der Waals surface area contributed by atoms with Gasteiger partial charge >= 0.3 is 5.97 Å². The Morgan fingerprint density at radius 1 is 1.12 bits per heavy atom. The van der Waals surface area contributed by atoms with Crippen molar-refractivity contribution >= 4 is 5.97 Å². The molecule has 13 heteroatoms. The number of rotatable bonds is 15. The highest BCUT2D eigenvalue weighted by atomic mass is 16.6. The van der Waals surface area contributed by atoms with Crippen molar-refractivity contribution in [1.82, 2.24) is 10.6 Å². The summed E-state index contributed by atoms with van der Waals surface area (Å²) >= 11 is 0. The third-order valence-corrected chi connectivity index (χ3v) is 9.37. The molecular weight excluding hydrogens is 634 g/mol. The van der Waals surface area contributed by atoms with E-state index in [1.807, 2.05) is 25.2 Å². The van der Waals surface area contributed by atoms with Gasteiger partial charge in [-0.1, -0.05) is 31.2 Å². The number of carboxylic acid groups (broad SMARTS) is 1. The summed E-state index contributed by atoms with van der Waals surface area (Å²) in [6.07, 6.45) is 7.95. The number of aromatic hydroxyl groups is 2. The molecule has 5 rings (SSSR count). The molecule has 2 aromatic carbocycles. The molecule has 13 nitrogen and oxygen atoms in total. The molecule has 1 saturated heterocycles. The number of nitrogens with one attached hydrogen (secondary N) is 2. The molecule has 2 aromatic rings. The van der Waals surface area contributed by atoms with Crippen molar-refractivity contribution in [2.24, 2.45) is 23.5 Å². The second-order valence-electron chi connectivity index (χ2n) is 12.6. The fourth-order valence-corrected chi connectivity index (χ4v) is 7.03. The minimum atomic E-state index is -0.934. The Morgan fingerprint density at radius 3 is 2.63 bits per heavy atom. The van der Waals surface area contributed by atoms with Crippen LogP contribution < -0.4 is 30.6 Å². The van der Waals surface area contributed by atoms with Crippen LogP contribution in [0.2, 0.25) is 0 Å². The van der Waals surface area contributed by atoms with Gasteiger partial charge in [-0.15, -0.1) is 0 Å². The minimum Gasteiger partial charge on any atom is -0.504 e. The number of nitrogens with two attached hydrogens (primary N) is 1. The Balaban J connectivity index is 1.33. The van der Waals surface area contributed by atoms with Crippen molar-refractivity contribution in [3.05, 3.63) is 77.2 Å². The van der Waals surface area contributed by atoms with Crippen LogP contribution in [0, 0.1) is 17.8 Å². The van der Waals surface area contributed by atoms with Crippen LogP contribution in [-0.2, 0) is 16.0 Å². The topological polar surface area (TPSA) is 205 Å². The lowest BCUT2D eigenvalue weighted by Gasteiger charge is -2.34. The summed E-state index contributed by atoms with van der Waals surface area (Å²) in [4.78, 5) is 12.4. The van der Waals surface area contributed by atoms with Crippen LogP contribution in [0.5, 0.6) is 28.7 Å². The molecular formula is C36H47N3O10. The van der Waals surface area contributed by atoms with Gasteiger partial charge < -0.3 is 60.8 Å². The highest BCUT2D eigenvalue weighted by Gasteiger charge is 2.43. The van der Waals surface area contributed by atoms with Gasteiger partial charge in [-0.3, -0.25) is 4.79 Å². The number of aliphatic hydroxyl groups excluding tert-OH is 2. The molecule has 0 radical (unpaired) electrons. The van der Waals surface area contributed by atoms with Gasteiger partial charge in [-0.05, 0) is 72.8 Å². The minimum absolute atomic E-state index is 0.0523. The second-order valence-corrected chi connectivity index (χ2v) is 12.6. The number of methoxy groups -OCH3 is 1. The molecule has 0 unspecified atom stereocenters. The van der Waals surface area contributed by atoms with Crippen LogP contribution in [0.4, 0.5) is 0 Å². The van der Waals surface area contributed by atoms with Gasteiger partial charge in [0.25, 0.3) is 0 Å². The maximum Gasteiger partial charge on any atom is 0.310 e. The van der Waals surface area contributed by atoms with E-state index in [9.17, 15) is 25.2 Å². The van der Waals surface area contributed by atoms with Crippen molar-refractivity contribution in [3.63, 3.8) is 0 Å². The van der Waals surface area contributed by atoms with Gasteiger partial charge in [-0.2, -0.15) is 0 Å². The zero-order valence-corrected chi connectivity index (χ0v) is 27.7. The Hall–Kier alpha value is -4.43. The van der Waals surface area contributed by atoms with Gasteiger partial charge in [0.1, 0.15) is 6.61 Å². The van der Waals surface area contributed by atoms with E-state index >= 15 is 0 Å². The van der Waals surface area contributed by atoms with Crippen LogP contribution in [0.15, 0.2) is 66.0 Å². The number of ether oxygens (including phenoxy) is 4. The first-order chi connectivity index (χ1) is 23.6. The standard InChI is InChI=1S/C36H47N3O10/c1-3-38-27(34-25(7-8-26(34)36(44)45)21-10-11-39-33(37)15-21)18-47-32-14-22(13-31(46-2)35(32)43)29-17-23(41)16-24(49-29)6-4-20-5-9-28(42)30(12-20)48-19-40/h5,7-10,12-15,23-27,29,34,38-43H,3-4,6,11,16-19,37H2,1-2H3,(H,44,45)/t23-,24-,25-,26-,27+,29-,34-/m0/s1. The van der Waals surface area contributed by atoms with E-state index in [2.05, 4.69) is 10.6 Å². The lowest BCUT2D eigenvalue weighted by molar-refractivity contribution is -0.142. The molecule has 0 bridgehead atoms. The van der Waals surface area contributed by atoms with E-state index in [0.717, 1.165) is 11.1 Å². The van der Waals surface area contributed by atoms with Gasteiger partial charge in [0.05, 0.1) is 37.2 Å². The Kier molecular flexibility index (Phi) is 11.9. The molecule has 0 spiro atoms. The number of phenolic OH excluding ortho intramolecular Hbond substituents is 2. The summed E-state index contributed by atoms with van der Waals surface area (Å²) in [7, 11) is 1.44. The maximum absolute atomic E-state index is 12.4. The number of dihydropyridines is 1. The quantitative estimate of drug-likeness (QED) is 0.101. The predicted octanol–water partition coefficient (Wildman–Crippen LogP) is 2.84. The summed E-state index contributed by atoms with van der Waals surface area (Å²) in [5.74, 6) is -1.53. The first-order valence-corrected chi connectivity index (χ1v) is 16.6. The predicted molar refractivity (Wildman–Crippen MR) is 180 cm³/mol. The fourth-order valence-electron chi connectivity index (χ4n) is 7.03. The molecule has 9 N–H and O–H groups in total. The number of benzene rings is 2. The van der Waals surface area contributed by atoms with Crippen LogP contribution in [0.3, 0.4) is 0 Å². The summed E-state index contributed by atoms with van der Waals surface area (Å²) in [6.45, 7) is 2.54. The molecule has 1 fully saturated rings. The number of likely N-dealkylation sites (N-methyl/N-ethyl adjacent to an activating group) is 1. The Labute approximate surface area is 285 Å². The number of aliphatic hydroxyl groups is 2. The average Bonchev–Trinajstić information content (AvgIpc) is 3.53. The van der Waals surface area contributed by atoms with E-state index in [1.54, 1.807) is 30.3 Å². The lowest BCUT2D eigenvalue weighted by Crippen LogP contribution is -2.47. The van der Waals surface area contributed by atoms with Crippen molar-refractivity contribution in [1.29, 1.82) is 0 Å². The molecule has 0 aromatic heterocycles. The normalized spacial score (nSPS) is 25.6. The van der Waals surface area contributed by atoms with Crippen LogP contribution in [0.25, 0.3) is 0 Å². The van der Waals surface area contributed by atoms with Crippen molar-refractivity contribution in [2.75, 3.05) is 33.6 Å². The first kappa shape index (κ1) is 35.9. The molecule has 1 aliphatic carbocycles. The van der Waals surface area contributed by atoms with Gasteiger partial charge in [0.2, 0.25) is 5.75 Å². The molecule has 0 saturated carbocycles. The molecule has 0 amide bonds. The molecule has 3 aliphatic rings. The number of aryl methyl sites for hydroxylation is 1. The first-order valence-electron chi connectivity index (χ1n) is 16.6. The summed E-state index contributed by atoms with van der Waals surface area (Å²) in [5, 5.41) is 57.6. The monoisotopic (exact) mass is 681 g/mol. The van der Waals surface area contributed by atoms with Crippen LogP contribution >= 0.6 is 0 Å². The smallest absolute Gasteiger partial charge is 0.310 e. The van der Waals surface area contributed by atoms with E-state index in [4.69, 9.17) is 29.8 Å². The molecule has 266 valence electrons. The van der Waals surface area contributed by atoms with Crippen molar-refractivity contribution < 1.29 is 49.3 Å². The van der Waals surface area contributed by atoms with Crippen LogP contribution in [-0.4, -0.2) is 83.4 Å². The number of carboxylic acids is 1. The average molecular weight is 682 g/mol. The summed E-state index contributed by atoms with van der Waals surface area (Å²) in [5.41, 5.74) is 8.51. The number of phenols is 2. The number of hydrogen-bond acceptors (Lipinski definition) is 12.